The fraction of sp³-hybridized carbons (Fsp3) is 0.214. The van der Waals surface area contributed by atoms with Crippen molar-refractivity contribution in [2.45, 2.75) is 12.1 Å². The number of imidazole rings is 1. The van der Waals surface area contributed by atoms with Gasteiger partial charge in [-0.3, -0.25) is 9.36 Å². The molecule has 0 spiro atoms. The second-order valence-corrected chi connectivity index (χ2v) is 5.16. The van der Waals surface area contributed by atoms with Crippen molar-refractivity contribution in [3.05, 3.63) is 35.7 Å². The first kappa shape index (κ1) is 14.9. The Bertz CT molecular complexity index is 719. The van der Waals surface area contributed by atoms with Crippen LogP contribution in [0, 0.1) is 18.3 Å². The first-order chi connectivity index (χ1) is 10.0. The Hall–Kier alpha value is -2.46. The van der Waals surface area contributed by atoms with Gasteiger partial charge < -0.3 is 9.84 Å². The van der Waals surface area contributed by atoms with Gasteiger partial charge in [-0.15, -0.1) is 0 Å². The van der Waals surface area contributed by atoms with E-state index in [2.05, 4.69) is 11.1 Å². The maximum atomic E-state index is 10.7. The van der Waals surface area contributed by atoms with Gasteiger partial charge in [0.2, 0.25) is 0 Å². The highest BCUT2D eigenvalue weighted by atomic mass is 32.2. The minimum Gasteiger partial charge on any atom is -0.495 e. The minimum absolute atomic E-state index is 0.0744. The van der Waals surface area contributed by atoms with Crippen LogP contribution in [0.3, 0.4) is 0 Å². The lowest BCUT2D eigenvalue weighted by Crippen LogP contribution is -2.02. The van der Waals surface area contributed by atoms with Crippen LogP contribution in [-0.4, -0.2) is 33.5 Å². The molecule has 0 unspecified atom stereocenters. The Labute approximate surface area is 126 Å². The molecular formula is C14H13N3O3S. The third-order valence-electron chi connectivity index (χ3n) is 2.69. The molecule has 0 saturated heterocycles. The van der Waals surface area contributed by atoms with Gasteiger partial charge in [-0.2, -0.15) is 5.26 Å². The van der Waals surface area contributed by atoms with Gasteiger partial charge >= 0.3 is 5.97 Å². The highest BCUT2D eigenvalue weighted by Crippen LogP contribution is 2.29. The molecule has 2 aromatic rings. The van der Waals surface area contributed by atoms with Crippen LogP contribution in [0.1, 0.15) is 11.3 Å². The van der Waals surface area contributed by atoms with Crippen LogP contribution in [0.2, 0.25) is 0 Å². The van der Waals surface area contributed by atoms with Crippen LogP contribution in [0.5, 0.6) is 5.75 Å². The van der Waals surface area contributed by atoms with E-state index in [4.69, 9.17) is 15.1 Å². The average Bonchev–Trinajstić information content (AvgIpc) is 2.85. The summed E-state index contributed by atoms with van der Waals surface area (Å²) in [6, 6.07) is 7.12. The molecule has 0 aliphatic heterocycles. The highest BCUT2D eigenvalue weighted by molar-refractivity contribution is 7.99. The van der Waals surface area contributed by atoms with Crippen molar-refractivity contribution in [1.29, 1.82) is 5.26 Å². The summed E-state index contributed by atoms with van der Waals surface area (Å²) in [6.45, 7) is 1.83. The molecule has 108 valence electrons. The number of nitrogens with zero attached hydrogens (tertiary/aromatic N) is 3. The second kappa shape index (κ2) is 6.33. The quantitative estimate of drug-likeness (QED) is 0.852. The average molecular weight is 303 g/mol. The molecule has 0 aliphatic carbocycles. The van der Waals surface area contributed by atoms with Gasteiger partial charge in [0.25, 0.3) is 0 Å². The molecule has 2 rings (SSSR count). The fourth-order valence-electron chi connectivity index (χ4n) is 1.82. The number of carboxylic acids is 1. The third-order valence-corrected chi connectivity index (χ3v) is 3.62. The summed E-state index contributed by atoms with van der Waals surface area (Å²) >= 11 is 1.13. The van der Waals surface area contributed by atoms with Gasteiger partial charge in [0.1, 0.15) is 5.75 Å². The predicted octanol–water partition coefficient (Wildman–Crippen LogP) is 2.24. The molecule has 0 radical (unpaired) electrons. The molecule has 6 nitrogen and oxygen atoms in total. The van der Waals surface area contributed by atoms with Crippen LogP contribution in [0.15, 0.2) is 29.6 Å². The van der Waals surface area contributed by atoms with Crippen molar-refractivity contribution in [1.82, 2.24) is 9.55 Å². The Kier molecular flexibility index (Phi) is 4.50. The Morgan fingerprint density at radius 2 is 2.33 bits per heavy atom. The second-order valence-electron chi connectivity index (χ2n) is 4.22. The van der Waals surface area contributed by atoms with Crippen molar-refractivity contribution >= 4 is 17.7 Å². The molecule has 0 fully saturated rings. The zero-order chi connectivity index (χ0) is 15.4. The van der Waals surface area contributed by atoms with Crippen LogP contribution >= 0.6 is 11.8 Å². The zero-order valence-electron chi connectivity index (χ0n) is 11.5. The maximum Gasteiger partial charge on any atom is 0.313 e. The standard InChI is InChI=1S/C14H13N3O3S/c1-9-7-17(14(16-9)21-8-13(18)19)11-4-3-10(6-15)5-12(11)20-2/h3-5,7H,8H2,1-2H3,(H,18,19). The number of ether oxygens (including phenoxy) is 1. The number of benzene rings is 1. The predicted molar refractivity (Wildman–Crippen MR) is 77.9 cm³/mol. The third kappa shape index (κ3) is 3.35. The number of thioether (sulfide) groups is 1. The van der Waals surface area contributed by atoms with E-state index in [9.17, 15) is 4.79 Å². The van der Waals surface area contributed by atoms with Gasteiger partial charge in [-0.25, -0.2) is 4.98 Å². The minimum atomic E-state index is -0.904. The van der Waals surface area contributed by atoms with Crippen LogP contribution in [0.4, 0.5) is 0 Å². The van der Waals surface area contributed by atoms with E-state index in [1.807, 2.05) is 6.92 Å². The summed E-state index contributed by atoms with van der Waals surface area (Å²) in [5.41, 5.74) is 1.98. The first-order valence-electron chi connectivity index (χ1n) is 6.04. The number of aryl methyl sites for hydroxylation is 1. The molecule has 0 amide bonds. The summed E-state index contributed by atoms with van der Waals surface area (Å²) in [6.07, 6.45) is 1.80. The lowest BCUT2D eigenvalue weighted by Gasteiger charge is -2.11. The molecule has 1 heterocycles. The van der Waals surface area contributed by atoms with E-state index in [-0.39, 0.29) is 5.75 Å². The lowest BCUT2D eigenvalue weighted by molar-refractivity contribution is -0.133. The Morgan fingerprint density at radius 1 is 1.57 bits per heavy atom. The topological polar surface area (TPSA) is 88.1 Å². The number of aromatic nitrogens is 2. The van der Waals surface area contributed by atoms with E-state index >= 15 is 0 Å². The van der Waals surface area contributed by atoms with E-state index < -0.39 is 5.97 Å². The van der Waals surface area contributed by atoms with Crippen LogP contribution in [-0.2, 0) is 4.79 Å². The van der Waals surface area contributed by atoms with E-state index in [1.54, 1.807) is 29.0 Å². The summed E-state index contributed by atoms with van der Waals surface area (Å²) in [7, 11) is 1.52. The SMILES string of the molecule is COc1cc(C#N)ccc1-n1cc(C)nc1SCC(=O)O. The van der Waals surface area contributed by atoms with Gasteiger partial charge in [0, 0.05) is 12.3 Å². The molecule has 0 atom stereocenters. The molecule has 0 aliphatic rings. The van der Waals surface area contributed by atoms with Crippen molar-refractivity contribution in [2.24, 2.45) is 0 Å². The number of rotatable bonds is 5. The fourth-order valence-corrected chi connectivity index (χ4v) is 2.57. The van der Waals surface area contributed by atoms with Crippen LogP contribution < -0.4 is 4.74 Å². The number of aliphatic carboxylic acids is 1. The smallest absolute Gasteiger partial charge is 0.313 e. The number of carboxylic acid groups (broad SMARTS) is 1. The molecular weight excluding hydrogens is 290 g/mol. The van der Waals surface area contributed by atoms with Gasteiger partial charge in [-0.1, -0.05) is 11.8 Å². The van der Waals surface area contributed by atoms with Gasteiger partial charge in [-0.05, 0) is 19.1 Å². The molecule has 1 aromatic heterocycles. The molecule has 0 bridgehead atoms. The molecule has 7 heteroatoms. The van der Waals surface area contributed by atoms with Crippen molar-refractivity contribution in [3.8, 4) is 17.5 Å². The largest absolute Gasteiger partial charge is 0.495 e. The highest BCUT2D eigenvalue weighted by Gasteiger charge is 2.14. The number of nitriles is 1. The Morgan fingerprint density at radius 3 is 2.95 bits per heavy atom. The van der Waals surface area contributed by atoms with E-state index in [1.165, 1.54) is 7.11 Å². The van der Waals surface area contributed by atoms with Crippen molar-refractivity contribution in [3.63, 3.8) is 0 Å². The molecule has 1 N–H and O–H groups in total. The summed E-state index contributed by atoms with van der Waals surface area (Å²) in [5, 5.41) is 18.3. The van der Waals surface area contributed by atoms with E-state index in [0.29, 0.717) is 22.2 Å². The van der Waals surface area contributed by atoms with Gasteiger partial charge in [0.15, 0.2) is 5.16 Å². The lowest BCUT2D eigenvalue weighted by atomic mass is 10.2. The zero-order valence-corrected chi connectivity index (χ0v) is 12.3. The molecule has 21 heavy (non-hydrogen) atoms. The first-order valence-corrected chi connectivity index (χ1v) is 7.02. The normalized spacial score (nSPS) is 10.1. The number of carbonyl (C=O) groups is 1. The van der Waals surface area contributed by atoms with Crippen molar-refractivity contribution < 1.29 is 14.6 Å². The van der Waals surface area contributed by atoms with Gasteiger partial charge in [0.05, 0.1) is 35.9 Å². The summed E-state index contributed by atoms with van der Waals surface area (Å²) < 4.78 is 7.07. The summed E-state index contributed by atoms with van der Waals surface area (Å²) in [5.74, 6) is -0.447. The Balaban J connectivity index is 2.46. The van der Waals surface area contributed by atoms with Crippen molar-refractivity contribution in [2.75, 3.05) is 12.9 Å². The maximum absolute atomic E-state index is 10.7. The van der Waals surface area contributed by atoms with Crippen LogP contribution in [0.25, 0.3) is 5.69 Å². The molecule has 1 aromatic carbocycles. The summed E-state index contributed by atoms with van der Waals surface area (Å²) in [4.78, 5) is 15.0. The monoisotopic (exact) mass is 303 g/mol. The molecule has 0 saturated carbocycles. The number of hydrogen-bond acceptors (Lipinski definition) is 5. The van der Waals surface area contributed by atoms with E-state index in [0.717, 1.165) is 17.5 Å². The number of methoxy groups -OCH3 is 1. The number of hydrogen-bond donors (Lipinski definition) is 1.